The predicted molar refractivity (Wildman–Crippen MR) is 49.2 cm³/mol. The highest BCUT2D eigenvalue weighted by atomic mass is 19.1. The number of hydrogen-bond acceptors (Lipinski definition) is 2. The van der Waals surface area contributed by atoms with Crippen LogP contribution in [0.2, 0.25) is 0 Å². The molecule has 0 aromatic heterocycles. The molecule has 2 atom stereocenters. The molecular weight excluding hydrogens is 171 g/mol. The van der Waals surface area contributed by atoms with E-state index in [1.165, 1.54) is 0 Å². The lowest BCUT2D eigenvalue weighted by atomic mass is 10.2. The van der Waals surface area contributed by atoms with Crippen molar-refractivity contribution in [1.29, 1.82) is 0 Å². The van der Waals surface area contributed by atoms with Crippen LogP contribution in [0.25, 0.3) is 0 Å². The van der Waals surface area contributed by atoms with Gasteiger partial charge in [-0.3, -0.25) is 4.79 Å². The standard InChI is InChI=1S/C9H17FN2O/c1-3-12(4-2)9(13)8-5-7(10)6-11-8/h7-8,11H,3-6H2,1-2H3/t7-,8+/m0/s1. The first kappa shape index (κ1) is 10.4. The first-order valence-electron chi connectivity index (χ1n) is 4.85. The summed E-state index contributed by atoms with van der Waals surface area (Å²) in [6, 6.07) is -0.296. The van der Waals surface area contributed by atoms with Gasteiger partial charge in [-0.05, 0) is 13.8 Å². The van der Waals surface area contributed by atoms with Gasteiger partial charge in [-0.2, -0.15) is 0 Å². The Labute approximate surface area is 78.3 Å². The number of amides is 1. The molecule has 1 saturated heterocycles. The minimum atomic E-state index is -0.857. The number of hydrogen-bond donors (Lipinski definition) is 1. The Hall–Kier alpha value is -0.640. The maximum atomic E-state index is 12.8. The van der Waals surface area contributed by atoms with Gasteiger partial charge in [-0.25, -0.2) is 4.39 Å². The van der Waals surface area contributed by atoms with Crippen LogP contribution in [-0.2, 0) is 4.79 Å². The van der Waals surface area contributed by atoms with Crippen molar-refractivity contribution in [3.8, 4) is 0 Å². The molecule has 0 bridgehead atoms. The van der Waals surface area contributed by atoms with Crippen molar-refractivity contribution < 1.29 is 9.18 Å². The zero-order valence-corrected chi connectivity index (χ0v) is 8.22. The Morgan fingerprint density at radius 3 is 2.54 bits per heavy atom. The number of nitrogens with zero attached hydrogens (tertiary/aromatic N) is 1. The summed E-state index contributed by atoms with van der Waals surface area (Å²) in [4.78, 5) is 13.4. The first-order chi connectivity index (χ1) is 6.19. The Morgan fingerprint density at radius 2 is 2.15 bits per heavy atom. The van der Waals surface area contributed by atoms with Gasteiger partial charge in [0.05, 0.1) is 6.04 Å². The molecule has 1 amide bonds. The summed E-state index contributed by atoms with van der Waals surface area (Å²) in [6.07, 6.45) is -0.528. The number of nitrogens with one attached hydrogen (secondary N) is 1. The van der Waals surface area contributed by atoms with Gasteiger partial charge >= 0.3 is 0 Å². The summed E-state index contributed by atoms with van der Waals surface area (Å²) in [5.41, 5.74) is 0. The monoisotopic (exact) mass is 188 g/mol. The van der Waals surface area contributed by atoms with Crippen LogP contribution in [0.3, 0.4) is 0 Å². The second kappa shape index (κ2) is 4.56. The summed E-state index contributed by atoms with van der Waals surface area (Å²) in [5.74, 6) is 0.0325. The van der Waals surface area contributed by atoms with Crippen molar-refractivity contribution in [2.75, 3.05) is 19.6 Å². The van der Waals surface area contributed by atoms with Crippen LogP contribution >= 0.6 is 0 Å². The molecule has 1 fully saturated rings. The molecule has 13 heavy (non-hydrogen) atoms. The predicted octanol–water partition coefficient (Wildman–Crippen LogP) is 0.555. The van der Waals surface area contributed by atoms with Crippen molar-refractivity contribution in [3.05, 3.63) is 0 Å². The molecule has 0 unspecified atom stereocenters. The third-order valence-electron chi connectivity index (χ3n) is 2.45. The van der Waals surface area contributed by atoms with E-state index in [4.69, 9.17) is 0 Å². The van der Waals surface area contributed by atoms with Crippen LogP contribution in [0.1, 0.15) is 20.3 Å². The molecule has 1 N–H and O–H groups in total. The summed E-state index contributed by atoms with van der Waals surface area (Å²) in [7, 11) is 0. The lowest BCUT2D eigenvalue weighted by molar-refractivity contribution is -0.132. The van der Waals surface area contributed by atoms with Crippen molar-refractivity contribution in [2.45, 2.75) is 32.5 Å². The molecule has 1 aliphatic heterocycles. The third-order valence-corrected chi connectivity index (χ3v) is 2.45. The maximum absolute atomic E-state index is 12.8. The fourth-order valence-electron chi connectivity index (χ4n) is 1.64. The van der Waals surface area contributed by atoms with Gasteiger partial charge in [0.25, 0.3) is 0 Å². The summed E-state index contributed by atoms with van der Waals surface area (Å²) in [5, 5.41) is 2.89. The van der Waals surface area contributed by atoms with E-state index < -0.39 is 6.17 Å². The number of alkyl halides is 1. The van der Waals surface area contributed by atoms with Crippen LogP contribution in [0.4, 0.5) is 4.39 Å². The Balaban J connectivity index is 2.47. The first-order valence-corrected chi connectivity index (χ1v) is 4.85. The third kappa shape index (κ3) is 2.40. The van der Waals surface area contributed by atoms with Crippen molar-refractivity contribution in [2.24, 2.45) is 0 Å². The molecule has 0 aromatic carbocycles. The highest BCUT2D eigenvalue weighted by molar-refractivity contribution is 5.82. The van der Waals surface area contributed by atoms with E-state index in [0.717, 1.165) is 0 Å². The van der Waals surface area contributed by atoms with Gasteiger partial charge in [0.2, 0.25) is 5.91 Å². The van der Waals surface area contributed by atoms with E-state index in [0.29, 0.717) is 26.1 Å². The molecule has 1 aliphatic rings. The van der Waals surface area contributed by atoms with Gasteiger partial charge in [0, 0.05) is 26.1 Å². The van der Waals surface area contributed by atoms with Crippen LogP contribution in [0, 0.1) is 0 Å². The molecule has 4 heteroatoms. The SMILES string of the molecule is CCN(CC)C(=O)[C@H]1C[C@H](F)CN1. The molecule has 0 aromatic rings. The van der Waals surface area contributed by atoms with Gasteiger partial charge < -0.3 is 10.2 Å². The normalized spacial score (nSPS) is 27.6. The summed E-state index contributed by atoms with van der Waals surface area (Å²) in [6.45, 7) is 5.58. The zero-order valence-electron chi connectivity index (χ0n) is 8.22. The topological polar surface area (TPSA) is 32.3 Å². The van der Waals surface area contributed by atoms with Crippen LogP contribution in [-0.4, -0.2) is 42.7 Å². The minimum Gasteiger partial charge on any atom is -0.342 e. The molecular formula is C9H17FN2O. The molecule has 76 valence electrons. The van der Waals surface area contributed by atoms with Crippen molar-refractivity contribution >= 4 is 5.91 Å². The molecule has 0 aliphatic carbocycles. The second-order valence-corrected chi connectivity index (χ2v) is 3.30. The Kier molecular flexibility index (Phi) is 3.66. The lowest BCUT2D eigenvalue weighted by Crippen LogP contribution is -2.43. The van der Waals surface area contributed by atoms with Gasteiger partial charge in [-0.15, -0.1) is 0 Å². The molecule has 1 heterocycles. The number of carbonyl (C=O) groups is 1. The fourth-order valence-corrected chi connectivity index (χ4v) is 1.64. The Morgan fingerprint density at radius 1 is 1.54 bits per heavy atom. The number of carbonyl (C=O) groups excluding carboxylic acids is 1. The van der Waals surface area contributed by atoms with Gasteiger partial charge in [0.1, 0.15) is 6.17 Å². The molecule has 3 nitrogen and oxygen atoms in total. The second-order valence-electron chi connectivity index (χ2n) is 3.30. The Bertz CT molecular complexity index is 182. The smallest absolute Gasteiger partial charge is 0.239 e. The lowest BCUT2D eigenvalue weighted by Gasteiger charge is -2.22. The molecule has 1 rings (SSSR count). The van der Waals surface area contributed by atoms with E-state index in [2.05, 4.69) is 5.32 Å². The van der Waals surface area contributed by atoms with Crippen LogP contribution in [0.5, 0.6) is 0 Å². The van der Waals surface area contributed by atoms with Gasteiger partial charge in [0.15, 0.2) is 0 Å². The molecule has 0 spiro atoms. The summed E-state index contributed by atoms with van der Waals surface area (Å²) < 4.78 is 12.8. The summed E-state index contributed by atoms with van der Waals surface area (Å²) >= 11 is 0. The van der Waals surface area contributed by atoms with E-state index in [-0.39, 0.29) is 11.9 Å². The largest absolute Gasteiger partial charge is 0.342 e. The quantitative estimate of drug-likeness (QED) is 0.701. The fraction of sp³-hybridized carbons (Fsp3) is 0.889. The molecule has 0 saturated carbocycles. The maximum Gasteiger partial charge on any atom is 0.239 e. The van der Waals surface area contributed by atoms with E-state index in [9.17, 15) is 9.18 Å². The van der Waals surface area contributed by atoms with Crippen LogP contribution in [0.15, 0.2) is 0 Å². The van der Waals surface area contributed by atoms with E-state index in [1.54, 1.807) is 4.90 Å². The minimum absolute atomic E-state index is 0.0325. The van der Waals surface area contributed by atoms with E-state index in [1.807, 2.05) is 13.8 Å². The average molecular weight is 188 g/mol. The highest BCUT2D eigenvalue weighted by Crippen LogP contribution is 2.12. The highest BCUT2D eigenvalue weighted by Gasteiger charge is 2.31. The number of rotatable bonds is 3. The zero-order chi connectivity index (χ0) is 9.84. The number of likely N-dealkylation sites (N-methyl/N-ethyl adjacent to an activating group) is 1. The molecule has 0 radical (unpaired) electrons. The van der Waals surface area contributed by atoms with Gasteiger partial charge in [-0.1, -0.05) is 0 Å². The van der Waals surface area contributed by atoms with E-state index >= 15 is 0 Å². The van der Waals surface area contributed by atoms with Crippen molar-refractivity contribution in [3.63, 3.8) is 0 Å². The van der Waals surface area contributed by atoms with Crippen molar-refractivity contribution in [1.82, 2.24) is 10.2 Å². The number of halogens is 1. The van der Waals surface area contributed by atoms with Crippen LogP contribution < -0.4 is 5.32 Å². The average Bonchev–Trinajstić information content (AvgIpc) is 2.54.